The lowest BCUT2D eigenvalue weighted by molar-refractivity contribution is 0.564. The van der Waals surface area contributed by atoms with Gasteiger partial charge in [0, 0.05) is 0 Å². The minimum Gasteiger partial charge on any atom is -0.210 e. The van der Waals surface area contributed by atoms with Gasteiger partial charge in [0.25, 0.3) is 6.08 Å². The molecule has 0 bridgehead atoms. The molecule has 0 aromatic carbocycles. The number of carbonyl (C=O) groups excluding carboxylic acids is 1. The van der Waals surface area contributed by atoms with E-state index in [9.17, 15) is 13.2 Å². The number of sulfonamides is 1. The summed E-state index contributed by atoms with van der Waals surface area (Å²) in [6.45, 7) is 0. The zero-order valence-electron chi connectivity index (χ0n) is 5.82. The fourth-order valence-corrected chi connectivity index (χ4v) is 3.61. The summed E-state index contributed by atoms with van der Waals surface area (Å²) in [7, 11) is -3.91. The molecule has 70 valence electrons. The van der Waals surface area contributed by atoms with Gasteiger partial charge in [0.2, 0.25) is 0 Å². The van der Waals surface area contributed by atoms with Gasteiger partial charge >= 0.3 is 10.0 Å². The van der Waals surface area contributed by atoms with E-state index in [1.165, 1.54) is 6.07 Å². The van der Waals surface area contributed by atoms with Crippen LogP contribution in [0.5, 0.6) is 0 Å². The molecule has 1 aromatic rings. The quantitative estimate of drug-likeness (QED) is 0.621. The van der Waals surface area contributed by atoms with Gasteiger partial charge in [0.15, 0.2) is 0 Å². The molecule has 13 heavy (non-hydrogen) atoms. The molecule has 0 unspecified atom stereocenters. The first-order valence-electron chi connectivity index (χ1n) is 2.76. The maximum absolute atomic E-state index is 11.1. The number of hydrogen-bond donors (Lipinski definition) is 0. The molecule has 0 atom stereocenters. The smallest absolute Gasteiger partial charge is 0.210 e. The van der Waals surface area contributed by atoms with Crippen molar-refractivity contribution >= 4 is 55.0 Å². The van der Waals surface area contributed by atoms with E-state index in [4.69, 9.17) is 11.6 Å². The van der Waals surface area contributed by atoms with Gasteiger partial charge in [-0.1, -0.05) is 16.0 Å². The molecule has 0 radical (unpaired) electrons. The predicted octanol–water partition coefficient (Wildman–Crippen LogP) is 2.19. The number of rotatable bonds is 2. The molecule has 8 heteroatoms. The molecule has 1 aromatic heterocycles. The SMILES string of the molecule is O=C=NS(=O)(=O)c1cc(Cl)c(Br)s1. The summed E-state index contributed by atoms with van der Waals surface area (Å²) in [4.78, 5) is 9.77. The van der Waals surface area contributed by atoms with E-state index in [0.717, 1.165) is 17.4 Å². The summed E-state index contributed by atoms with van der Waals surface area (Å²) in [6.07, 6.45) is 0.970. The summed E-state index contributed by atoms with van der Waals surface area (Å²) >= 11 is 9.52. The topological polar surface area (TPSA) is 63.6 Å². The van der Waals surface area contributed by atoms with Crippen LogP contribution in [0.25, 0.3) is 0 Å². The molecule has 0 fully saturated rings. The second kappa shape index (κ2) is 3.89. The highest BCUT2D eigenvalue weighted by Gasteiger charge is 2.17. The Labute approximate surface area is 91.4 Å². The molecular formula is C5HBrClNO3S2. The molecule has 0 N–H and O–H groups in total. The average Bonchev–Trinajstić information content (AvgIpc) is 2.33. The lowest BCUT2D eigenvalue weighted by Crippen LogP contribution is -1.91. The van der Waals surface area contributed by atoms with Gasteiger partial charge in [-0.2, -0.15) is 8.42 Å². The Kier molecular flexibility index (Phi) is 3.26. The third-order valence-corrected chi connectivity index (χ3v) is 5.13. The Balaban J connectivity index is 3.31. The van der Waals surface area contributed by atoms with Crippen LogP contribution in [0.3, 0.4) is 0 Å². The summed E-state index contributed by atoms with van der Waals surface area (Å²) in [5.74, 6) is 0. The first kappa shape index (κ1) is 10.9. The number of isocyanates is 1. The highest BCUT2D eigenvalue weighted by molar-refractivity contribution is 9.11. The van der Waals surface area contributed by atoms with Gasteiger partial charge in [-0.25, -0.2) is 4.79 Å². The van der Waals surface area contributed by atoms with Gasteiger partial charge in [-0.3, -0.25) is 0 Å². The van der Waals surface area contributed by atoms with Crippen LogP contribution in [0.1, 0.15) is 0 Å². The minimum absolute atomic E-state index is 0.0901. The number of hydrogen-bond acceptors (Lipinski definition) is 4. The number of thiophene rings is 1. The second-order valence-electron chi connectivity index (χ2n) is 1.84. The van der Waals surface area contributed by atoms with Crippen LogP contribution < -0.4 is 0 Å². The van der Waals surface area contributed by atoms with E-state index in [2.05, 4.69) is 20.3 Å². The monoisotopic (exact) mass is 301 g/mol. The van der Waals surface area contributed by atoms with Crippen molar-refractivity contribution in [1.29, 1.82) is 0 Å². The van der Waals surface area contributed by atoms with Crippen LogP contribution in [0.2, 0.25) is 5.02 Å². The first-order chi connectivity index (χ1) is 5.97. The molecule has 0 saturated heterocycles. The Morgan fingerprint density at radius 3 is 2.62 bits per heavy atom. The Bertz CT molecular complexity index is 454. The summed E-state index contributed by atoms with van der Waals surface area (Å²) < 4.78 is 25.3. The minimum atomic E-state index is -3.91. The van der Waals surface area contributed by atoms with Gasteiger partial charge in [0.1, 0.15) is 4.21 Å². The van der Waals surface area contributed by atoms with Crippen molar-refractivity contribution in [1.82, 2.24) is 0 Å². The Morgan fingerprint density at radius 1 is 1.62 bits per heavy atom. The van der Waals surface area contributed by atoms with Crippen molar-refractivity contribution in [3.8, 4) is 0 Å². The van der Waals surface area contributed by atoms with Crippen molar-refractivity contribution < 1.29 is 13.2 Å². The molecule has 0 saturated carbocycles. The van der Waals surface area contributed by atoms with Crippen LogP contribution in [-0.2, 0) is 14.8 Å². The molecule has 1 rings (SSSR count). The fourth-order valence-electron chi connectivity index (χ4n) is 0.548. The van der Waals surface area contributed by atoms with Crippen LogP contribution in [0.4, 0.5) is 0 Å². The van der Waals surface area contributed by atoms with E-state index in [1.54, 1.807) is 0 Å². The fraction of sp³-hybridized carbons (Fsp3) is 0. The van der Waals surface area contributed by atoms with E-state index in [-0.39, 0.29) is 9.23 Å². The van der Waals surface area contributed by atoms with Gasteiger partial charge in [-0.15, -0.1) is 11.3 Å². The van der Waals surface area contributed by atoms with E-state index in [1.807, 2.05) is 0 Å². The zero-order valence-corrected chi connectivity index (χ0v) is 9.80. The van der Waals surface area contributed by atoms with E-state index >= 15 is 0 Å². The van der Waals surface area contributed by atoms with Crippen LogP contribution in [0, 0.1) is 0 Å². The Morgan fingerprint density at radius 2 is 2.23 bits per heavy atom. The summed E-state index contributed by atoms with van der Waals surface area (Å²) in [5.41, 5.74) is 0. The van der Waals surface area contributed by atoms with Crippen LogP contribution in [-0.4, -0.2) is 14.5 Å². The second-order valence-corrected chi connectivity index (χ2v) is 6.45. The van der Waals surface area contributed by atoms with Gasteiger partial charge in [0.05, 0.1) is 8.81 Å². The molecule has 0 spiro atoms. The largest absolute Gasteiger partial charge is 0.302 e. The molecule has 0 aliphatic carbocycles. The van der Waals surface area contributed by atoms with Crippen molar-refractivity contribution in [2.75, 3.05) is 0 Å². The predicted molar refractivity (Wildman–Crippen MR) is 52.3 cm³/mol. The molecule has 0 amide bonds. The van der Waals surface area contributed by atoms with E-state index in [0.29, 0.717) is 3.79 Å². The molecule has 0 aliphatic rings. The summed E-state index contributed by atoms with van der Waals surface area (Å²) in [6, 6.07) is 1.21. The number of nitrogens with zero attached hydrogens (tertiary/aromatic N) is 1. The lowest BCUT2D eigenvalue weighted by Gasteiger charge is -1.86. The maximum Gasteiger partial charge on any atom is 0.302 e. The summed E-state index contributed by atoms with van der Waals surface area (Å²) in [5, 5.41) is 0.268. The van der Waals surface area contributed by atoms with Crippen molar-refractivity contribution in [3.63, 3.8) is 0 Å². The van der Waals surface area contributed by atoms with Crippen molar-refractivity contribution in [2.24, 2.45) is 4.40 Å². The third kappa shape index (κ3) is 2.38. The Hall–Kier alpha value is -0.200. The average molecular weight is 303 g/mol. The highest BCUT2D eigenvalue weighted by Crippen LogP contribution is 2.35. The highest BCUT2D eigenvalue weighted by atomic mass is 79.9. The third-order valence-electron chi connectivity index (χ3n) is 1.03. The van der Waals surface area contributed by atoms with Crippen LogP contribution in [0.15, 0.2) is 18.5 Å². The van der Waals surface area contributed by atoms with Crippen molar-refractivity contribution in [2.45, 2.75) is 4.21 Å². The lowest BCUT2D eigenvalue weighted by atomic mass is 10.7. The standard InChI is InChI=1S/C5HBrClNO3S2/c6-5-3(7)1-4(12-5)13(10,11)8-2-9/h1H. The van der Waals surface area contributed by atoms with Gasteiger partial charge < -0.3 is 0 Å². The normalized spacial score (nSPS) is 10.9. The molecular weight excluding hydrogens is 302 g/mol. The first-order valence-corrected chi connectivity index (χ1v) is 6.19. The molecule has 1 heterocycles. The number of halogens is 2. The van der Waals surface area contributed by atoms with Crippen LogP contribution >= 0.6 is 38.9 Å². The molecule has 0 aliphatic heterocycles. The maximum atomic E-state index is 11.1. The van der Waals surface area contributed by atoms with Gasteiger partial charge in [-0.05, 0) is 22.0 Å². The van der Waals surface area contributed by atoms with E-state index < -0.39 is 10.0 Å². The zero-order chi connectivity index (χ0) is 10.1. The van der Waals surface area contributed by atoms with Crippen molar-refractivity contribution in [3.05, 3.63) is 14.9 Å². The molecule has 4 nitrogen and oxygen atoms in total.